The Morgan fingerprint density at radius 3 is 1.47 bits per heavy atom. The lowest BCUT2D eigenvalue weighted by Gasteiger charge is -2.02. The van der Waals surface area contributed by atoms with Crippen LogP contribution in [0.5, 0.6) is 0 Å². The van der Waals surface area contributed by atoms with Crippen molar-refractivity contribution in [3.63, 3.8) is 0 Å². The molecular formula is C21H16N3O9S3+. The third kappa shape index (κ3) is 7.12. The monoisotopic (exact) mass is 550 g/mol. The van der Waals surface area contributed by atoms with Crippen LogP contribution < -0.4 is 0 Å². The molecule has 0 saturated heterocycles. The molecule has 0 atom stereocenters. The number of hydrogen-bond donors (Lipinski definition) is 1. The summed E-state index contributed by atoms with van der Waals surface area (Å²) in [6, 6.07) is 17.8. The van der Waals surface area contributed by atoms with E-state index in [1.165, 1.54) is 72.8 Å². The van der Waals surface area contributed by atoms with Gasteiger partial charge in [0.2, 0.25) is 0 Å². The highest BCUT2D eigenvalue weighted by Gasteiger charge is 2.29. The number of amidine groups is 2. The fraction of sp³-hybridized carbons (Fsp3) is 0. The first-order valence-electron chi connectivity index (χ1n) is 9.60. The van der Waals surface area contributed by atoms with E-state index in [-0.39, 0.29) is 14.7 Å². The van der Waals surface area contributed by atoms with E-state index in [9.17, 15) is 25.3 Å². The van der Waals surface area contributed by atoms with Crippen LogP contribution in [0.3, 0.4) is 0 Å². The van der Waals surface area contributed by atoms with Gasteiger partial charge < -0.3 is 4.18 Å². The molecule has 0 aliphatic rings. The second kappa shape index (κ2) is 11.0. The third-order valence-corrected chi connectivity index (χ3v) is 7.54. The molecule has 36 heavy (non-hydrogen) atoms. The molecule has 0 spiro atoms. The van der Waals surface area contributed by atoms with Gasteiger partial charge in [0, 0.05) is 0 Å². The van der Waals surface area contributed by atoms with E-state index in [0.29, 0.717) is 0 Å². The lowest BCUT2D eigenvalue weighted by molar-refractivity contribution is 0.463. The molecule has 3 aromatic carbocycles. The molecular weight excluding hydrogens is 534 g/mol. The highest BCUT2D eigenvalue weighted by molar-refractivity contribution is 7.87. The quantitative estimate of drug-likeness (QED) is 0.210. The molecule has 0 amide bonds. The van der Waals surface area contributed by atoms with Crippen LogP contribution in [0.1, 0.15) is 0 Å². The Balaban J connectivity index is 1.91. The Morgan fingerprint density at radius 1 is 0.639 bits per heavy atom. The fourth-order valence-corrected chi connectivity index (χ4v) is 4.79. The van der Waals surface area contributed by atoms with E-state index in [1.807, 2.05) is 0 Å². The van der Waals surface area contributed by atoms with Crippen molar-refractivity contribution >= 4 is 42.4 Å². The predicted molar refractivity (Wildman–Crippen MR) is 127 cm³/mol. The summed E-state index contributed by atoms with van der Waals surface area (Å²) < 4.78 is 87.8. The van der Waals surface area contributed by atoms with Gasteiger partial charge in [0.25, 0.3) is 0 Å². The predicted octanol–water partition coefficient (Wildman–Crippen LogP) is 2.78. The SMILES string of the molecule is N=C(/N=C(\[N+]#COS(=O)(=O)c1ccccc1)OS(=O)(=O)c1ccccc1)OS(=O)(=O)c1ccccc1. The largest absolute Gasteiger partial charge is 0.631 e. The zero-order valence-electron chi connectivity index (χ0n) is 18.0. The molecule has 0 radical (unpaired) electrons. The zero-order valence-corrected chi connectivity index (χ0v) is 20.4. The summed E-state index contributed by atoms with van der Waals surface area (Å²) in [5, 5.41) is 7.72. The van der Waals surface area contributed by atoms with Gasteiger partial charge in [0.1, 0.15) is 14.7 Å². The molecule has 0 aliphatic heterocycles. The second-order valence-electron chi connectivity index (χ2n) is 6.45. The van der Waals surface area contributed by atoms with Gasteiger partial charge in [-0.25, -0.2) is 5.41 Å². The second-order valence-corrected chi connectivity index (χ2v) is 11.1. The molecule has 0 unspecified atom stereocenters. The van der Waals surface area contributed by atoms with Crippen LogP contribution in [0.25, 0.3) is 4.85 Å². The van der Waals surface area contributed by atoms with Crippen LogP contribution in [0, 0.1) is 11.7 Å². The van der Waals surface area contributed by atoms with Crippen LogP contribution in [-0.4, -0.2) is 37.3 Å². The van der Waals surface area contributed by atoms with Crippen molar-refractivity contribution in [2.45, 2.75) is 14.7 Å². The van der Waals surface area contributed by atoms with Crippen molar-refractivity contribution in [3.8, 4) is 6.26 Å². The number of benzene rings is 3. The van der Waals surface area contributed by atoms with Gasteiger partial charge in [0.15, 0.2) is 0 Å². The minimum absolute atomic E-state index is 0.256. The van der Waals surface area contributed by atoms with Crippen molar-refractivity contribution < 1.29 is 37.8 Å². The number of aliphatic imine (C=N–C) groups is 1. The number of hydrogen-bond acceptors (Lipinski definition) is 10. The Hall–Kier alpha value is -4.26. The topological polar surface area (TPSA) is 171 Å². The van der Waals surface area contributed by atoms with E-state index >= 15 is 0 Å². The van der Waals surface area contributed by atoms with Crippen LogP contribution in [0.2, 0.25) is 0 Å². The standard InChI is InChI=1S/C21H16N3O9S3/c22-20(32-35(27,28)18-12-6-2-7-13-18)24-21(33-36(29,30)19-14-8-3-9-15-19)23-16-31-34(25,26)17-10-4-1-5-11-17/h1-15,22H/q+1/b22-20?,24-21+. The first-order chi connectivity index (χ1) is 17.0. The maximum atomic E-state index is 12.5. The molecule has 0 aliphatic carbocycles. The summed E-state index contributed by atoms with van der Waals surface area (Å²) in [4.78, 5) is 5.65. The van der Waals surface area contributed by atoms with Crippen molar-refractivity contribution in [2.24, 2.45) is 4.99 Å². The highest BCUT2D eigenvalue weighted by atomic mass is 32.2. The first-order valence-corrected chi connectivity index (χ1v) is 13.8. The van der Waals surface area contributed by atoms with Gasteiger partial charge in [-0.3, -0.25) is 8.37 Å². The van der Waals surface area contributed by atoms with Crippen LogP contribution in [0.4, 0.5) is 0 Å². The average molecular weight is 551 g/mol. The lowest BCUT2D eigenvalue weighted by atomic mass is 10.4. The highest BCUT2D eigenvalue weighted by Crippen LogP contribution is 2.15. The Labute approximate surface area is 207 Å². The van der Waals surface area contributed by atoms with Crippen LogP contribution >= 0.6 is 0 Å². The Bertz CT molecular complexity index is 1650. The van der Waals surface area contributed by atoms with E-state index in [0.717, 1.165) is 0 Å². The molecule has 186 valence electrons. The smallest absolute Gasteiger partial charge is 0.319 e. The molecule has 0 bridgehead atoms. The molecule has 0 fully saturated rings. The third-order valence-electron chi connectivity index (χ3n) is 3.95. The van der Waals surface area contributed by atoms with Gasteiger partial charge in [0.05, 0.1) is 4.99 Å². The van der Waals surface area contributed by atoms with E-state index in [4.69, 9.17) is 9.59 Å². The minimum Gasteiger partial charge on any atom is -0.319 e. The van der Waals surface area contributed by atoms with Crippen LogP contribution in [0.15, 0.2) is 111 Å². The van der Waals surface area contributed by atoms with E-state index in [2.05, 4.69) is 18.2 Å². The molecule has 0 heterocycles. The molecule has 15 heteroatoms. The van der Waals surface area contributed by atoms with Crippen molar-refractivity contribution in [3.05, 3.63) is 95.8 Å². The number of nitrogens with zero attached hydrogens (tertiary/aromatic N) is 2. The number of rotatable bonds is 6. The van der Waals surface area contributed by atoms with Crippen molar-refractivity contribution in [2.75, 3.05) is 0 Å². The summed E-state index contributed by atoms with van der Waals surface area (Å²) in [5.74, 6) is 0. The van der Waals surface area contributed by atoms with Gasteiger partial charge in [-0.05, 0) is 36.4 Å². The molecule has 1 N–H and O–H groups in total. The molecule has 3 aromatic rings. The molecule has 0 saturated carbocycles. The fourth-order valence-electron chi connectivity index (χ4n) is 2.38. The van der Waals surface area contributed by atoms with Crippen LogP contribution in [-0.2, 0) is 42.9 Å². The normalized spacial score (nSPS) is 12.1. The Morgan fingerprint density at radius 2 is 1.03 bits per heavy atom. The number of nitrogens with one attached hydrogen (secondary N) is 1. The van der Waals surface area contributed by atoms with Crippen molar-refractivity contribution in [1.29, 1.82) is 5.41 Å². The van der Waals surface area contributed by atoms with Gasteiger partial charge in [-0.1, -0.05) is 59.4 Å². The maximum absolute atomic E-state index is 12.5. The van der Waals surface area contributed by atoms with Gasteiger partial charge >= 0.3 is 48.7 Å². The summed E-state index contributed by atoms with van der Waals surface area (Å²) in [7, 11) is -13.5. The lowest BCUT2D eigenvalue weighted by Crippen LogP contribution is -2.16. The summed E-state index contributed by atoms with van der Waals surface area (Å²) in [5.41, 5.74) is 0. The van der Waals surface area contributed by atoms with Gasteiger partial charge in [-0.15, -0.1) is 0 Å². The Kier molecular flexibility index (Phi) is 8.04. The van der Waals surface area contributed by atoms with E-state index < -0.39 is 42.4 Å². The molecule has 12 nitrogen and oxygen atoms in total. The summed E-state index contributed by atoms with van der Waals surface area (Å²) in [6.45, 7) is 0. The molecule has 3 rings (SSSR count). The average Bonchev–Trinajstić information content (AvgIpc) is 2.85. The maximum Gasteiger partial charge on any atom is 0.631 e. The van der Waals surface area contributed by atoms with E-state index in [1.54, 1.807) is 24.5 Å². The summed E-state index contributed by atoms with van der Waals surface area (Å²) in [6.07, 6.45) is 1.61. The first kappa shape index (κ1) is 26.3. The summed E-state index contributed by atoms with van der Waals surface area (Å²) >= 11 is 0. The van der Waals surface area contributed by atoms with Crippen molar-refractivity contribution in [1.82, 2.24) is 0 Å². The van der Waals surface area contributed by atoms with Gasteiger partial charge in [-0.2, -0.15) is 25.3 Å². The minimum atomic E-state index is -4.59. The zero-order chi connectivity index (χ0) is 26.2. The molecule has 0 aromatic heterocycles.